The topological polar surface area (TPSA) is 91.3 Å². The molecule has 0 bridgehead atoms. The fourth-order valence-electron chi connectivity index (χ4n) is 1.25. The van der Waals surface area contributed by atoms with Gasteiger partial charge in [0.15, 0.2) is 5.13 Å². The first kappa shape index (κ1) is 15.4. The summed E-state index contributed by atoms with van der Waals surface area (Å²) in [4.78, 5) is 28.1. The fraction of sp³-hybridized carbons (Fsp3) is 0.583. The zero-order chi connectivity index (χ0) is 14.8. The van der Waals surface area contributed by atoms with Gasteiger partial charge in [0.25, 0.3) is 0 Å². The second-order valence-corrected chi connectivity index (χ2v) is 6.65. The molecule has 0 radical (unpaired) electrons. The van der Waals surface area contributed by atoms with Gasteiger partial charge in [0.2, 0.25) is 0 Å². The van der Waals surface area contributed by atoms with E-state index in [1.165, 1.54) is 11.3 Å². The van der Waals surface area contributed by atoms with Crippen LogP contribution >= 0.6 is 11.3 Å². The maximum absolute atomic E-state index is 11.9. The van der Waals surface area contributed by atoms with Crippen molar-refractivity contribution in [2.24, 2.45) is 5.41 Å². The van der Waals surface area contributed by atoms with E-state index in [4.69, 9.17) is 0 Å². The minimum Gasteiger partial charge on any atom is -0.481 e. The van der Waals surface area contributed by atoms with Crippen LogP contribution in [0, 0.1) is 12.3 Å². The lowest BCUT2D eigenvalue weighted by Gasteiger charge is -2.38. The third kappa shape index (κ3) is 3.44. The maximum atomic E-state index is 11.9. The lowest BCUT2D eigenvalue weighted by molar-refractivity contribution is -0.150. The maximum Gasteiger partial charge on any atom is 0.321 e. The van der Waals surface area contributed by atoms with E-state index in [9.17, 15) is 14.7 Å². The average molecular weight is 285 g/mol. The highest BCUT2D eigenvalue weighted by molar-refractivity contribution is 7.15. The molecule has 0 aliphatic rings. The number of aromatic nitrogens is 1. The van der Waals surface area contributed by atoms with Gasteiger partial charge in [0, 0.05) is 11.1 Å². The molecule has 1 aromatic heterocycles. The fourth-order valence-corrected chi connectivity index (χ4v) is 1.91. The number of amides is 2. The van der Waals surface area contributed by atoms with E-state index in [0.717, 1.165) is 4.88 Å². The predicted octanol–water partition coefficient (Wildman–Crippen LogP) is 2.46. The van der Waals surface area contributed by atoms with Gasteiger partial charge in [-0.05, 0) is 34.6 Å². The first-order valence-electron chi connectivity index (χ1n) is 5.81. The molecule has 0 fully saturated rings. The highest BCUT2D eigenvalue weighted by atomic mass is 32.1. The number of carbonyl (C=O) groups excluding carboxylic acids is 1. The van der Waals surface area contributed by atoms with Gasteiger partial charge in [-0.1, -0.05) is 0 Å². The van der Waals surface area contributed by atoms with Crippen LogP contribution in [0.15, 0.2) is 6.20 Å². The van der Waals surface area contributed by atoms with Crippen molar-refractivity contribution >= 4 is 28.5 Å². The summed E-state index contributed by atoms with van der Waals surface area (Å²) >= 11 is 1.36. The molecule has 0 saturated carbocycles. The van der Waals surface area contributed by atoms with Crippen molar-refractivity contribution in [3.63, 3.8) is 0 Å². The third-order valence-electron chi connectivity index (χ3n) is 3.36. The van der Waals surface area contributed by atoms with Crippen LogP contribution < -0.4 is 10.6 Å². The Bertz CT molecular complexity index is 494. The normalized spacial score (nSPS) is 12.1. The molecule has 106 valence electrons. The third-order valence-corrected chi connectivity index (χ3v) is 4.19. The van der Waals surface area contributed by atoms with E-state index in [2.05, 4.69) is 15.6 Å². The molecule has 7 heteroatoms. The van der Waals surface area contributed by atoms with E-state index < -0.39 is 23.0 Å². The summed E-state index contributed by atoms with van der Waals surface area (Å²) < 4.78 is 0. The van der Waals surface area contributed by atoms with Gasteiger partial charge in [0.05, 0.1) is 11.0 Å². The van der Waals surface area contributed by atoms with E-state index in [1.54, 1.807) is 33.9 Å². The smallest absolute Gasteiger partial charge is 0.321 e. The molecule has 0 atom stereocenters. The Morgan fingerprint density at radius 1 is 1.32 bits per heavy atom. The minimum absolute atomic E-state index is 0.464. The number of carboxylic acid groups (broad SMARTS) is 1. The Balaban J connectivity index is 2.73. The van der Waals surface area contributed by atoms with E-state index in [1.807, 2.05) is 6.92 Å². The molecule has 2 amide bonds. The van der Waals surface area contributed by atoms with Gasteiger partial charge >= 0.3 is 12.0 Å². The summed E-state index contributed by atoms with van der Waals surface area (Å²) in [6.07, 6.45) is 1.66. The Morgan fingerprint density at radius 3 is 2.32 bits per heavy atom. The minimum atomic E-state index is -1.09. The molecule has 0 saturated heterocycles. The van der Waals surface area contributed by atoms with E-state index in [-0.39, 0.29) is 0 Å². The van der Waals surface area contributed by atoms with Crippen molar-refractivity contribution in [3.05, 3.63) is 11.1 Å². The van der Waals surface area contributed by atoms with Crippen LogP contribution in [0.5, 0.6) is 0 Å². The van der Waals surface area contributed by atoms with E-state index in [0.29, 0.717) is 5.13 Å². The van der Waals surface area contributed by atoms with E-state index >= 15 is 0 Å². The van der Waals surface area contributed by atoms with Crippen LogP contribution in [0.1, 0.15) is 32.6 Å². The number of hydrogen-bond donors (Lipinski definition) is 3. The Labute approximate surface area is 116 Å². The number of nitrogens with one attached hydrogen (secondary N) is 2. The number of anilines is 1. The van der Waals surface area contributed by atoms with Crippen LogP contribution in [0.4, 0.5) is 9.93 Å². The largest absolute Gasteiger partial charge is 0.481 e. The second-order valence-electron chi connectivity index (χ2n) is 5.41. The van der Waals surface area contributed by atoms with Crippen molar-refractivity contribution in [1.29, 1.82) is 0 Å². The highest BCUT2D eigenvalue weighted by Gasteiger charge is 2.44. The molecule has 19 heavy (non-hydrogen) atoms. The second kappa shape index (κ2) is 5.16. The first-order chi connectivity index (χ1) is 8.56. The van der Waals surface area contributed by atoms with Crippen LogP contribution in [0.3, 0.4) is 0 Å². The van der Waals surface area contributed by atoms with Crippen LogP contribution in [0.25, 0.3) is 0 Å². The van der Waals surface area contributed by atoms with Gasteiger partial charge in [-0.15, -0.1) is 11.3 Å². The number of aliphatic carboxylic acids is 1. The molecule has 0 unspecified atom stereocenters. The Morgan fingerprint density at radius 2 is 1.89 bits per heavy atom. The number of aryl methyl sites for hydroxylation is 1. The molecule has 0 aromatic carbocycles. The molecule has 0 spiro atoms. The summed E-state index contributed by atoms with van der Waals surface area (Å²) in [7, 11) is 0. The van der Waals surface area contributed by atoms with Crippen LogP contribution in [0.2, 0.25) is 0 Å². The van der Waals surface area contributed by atoms with Gasteiger partial charge in [-0.25, -0.2) is 9.78 Å². The predicted molar refractivity (Wildman–Crippen MR) is 74.5 cm³/mol. The first-order valence-corrected chi connectivity index (χ1v) is 6.63. The number of hydrogen-bond acceptors (Lipinski definition) is 4. The van der Waals surface area contributed by atoms with Gasteiger partial charge < -0.3 is 10.4 Å². The number of carbonyl (C=O) groups is 2. The zero-order valence-electron chi connectivity index (χ0n) is 11.7. The molecular weight excluding hydrogens is 266 g/mol. The lowest BCUT2D eigenvalue weighted by atomic mass is 9.74. The van der Waals surface area contributed by atoms with Crippen molar-refractivity contribution in [1.82, 2.24) is 10.3 Å². The molecule has 0 aliphatic heterocycles. The number of carboxylic acids is 1. The van der Waals surface area contributed by atoms with Gasteiger partial charge in [-0.3, -0.25) is 10.1 Å². The average Bonchev–Trinajstić information content (AvgIpc) is 2.62. The highest BCUT2D eigenvalue weighted by Crippen LogP contribution is 2.30. The van der Waals surface area contributed by atoms with Crippen molar-refractivity contribution in [2.75, 3.05) is 5.32 Å². The zero-order valence-corrected chi connectivity index (χ0v) is 12.5. The van der Waals surface area contributed by atoms with Crippen molar-refractivity contribution in [2.45, 2.75) is 40.2 Å². The standard InChI is InChI=1S/C12H19N3O3S/c1-7-6-13-10(19-7)14-9(18)15-12(4,5)11(2,3)8(16)17/h6H,1-5H3,(H,16,17)(H2,13,14,15,18). The molecule has 1 heterocycles. The number of rotatable bonds is 4. The molecule has 6 nitrogen and oxygen atoms in total. The molecule has 3 N–H and O–H groups in total. The summed E-state index contributed by atoms with van der Waals surface area (Å²) in [5, 5.41) is 15.0. The van der Waals surface area contributed by atoms with Crippen LogP contribution in [-0.4, -0.2) is 27.6 Å². The summed E-state index contributed by atoms with van der Waals surface area (Å²) in [5.41, 5.74) is -2.00. The molecular formula is C12H19N3O3S. The van der Waals surface area contributed by atoms with Gasteiger partial charge in [-0.2, -0.15) is 0 Å². The number of thiazole rings is 1. The Kier molecular flexibility index (Phi) is 4.19. The summed E-state index contributed by atoms with van der Waals surface area (Å²) in [6, 6.07) is -0.464. The number of urea groups is 1. The monoisotopic (exact) mass is 285 g/mol. The quantitative estimate of drug-likeness (QED) is 0.792. The summed E-state index contributed by atoms with van der Waals surface area (Å²) in [5.74, 6) is -0.970. The Hall–Kier alpha value is -1.63. The summed E-state index contributed by atoms with van der Waals surface area (Å²) in [6.45, 7) is 8.38. The van der Waals surface area contributed by atoms with Crippen molar-refractivity contribution < 1.29 is 14.7 Å². The lowest BCUT2D eigenvalue weighted by Crippen LogP contribution is -2.57. The van der Waals surface area contributed by atoms with Crippen LogP contribution in [-0.2, 0) is 4.79 Å². The van der Waals surface area contributed by atoms with Gasteiger partial charge in [0.1, 0.15) is 0 Å². The van der Waals surface area contributed by atoms with Crippen molar-refractivity contribution in [3.8, 4) is 0 Å². The SMILES string of the molecule is Cc1cnc(NC(=O)NC(C)(C)C(C)(C)C(=O)O)s1. The molecule has 0 aliphatic carbocycles. The molecule has 1 rings (SSSR count). The number of nitrogens with zero attached hydrogens (tertiary/aromatic N) is 1. The molecule has 1 aromatic rings.